The summed E-state index contributed by atoms with van der Waals surface area (Å²) in [7, 11) is 0. The second-order valence-electron chi connectivity index (χ2n) is 9.18. The van der Waals surface area contributed by atoms with E-state index in [2.05, 4.69) is 41.4 Å². The summed E-state index contributed by atoms with van der Waals surface area (Å²) in [5.74, 6) is 0.747. The maximum absolute atomic E-state index is 13.5. The van der Waals surface area contributed by atoms with Crippen LogP contribution >= 0.6 is 0 Å². The van der Waals surface area contributed by atoms with Crippen LogP contribution in [0.3, 0.4) is 0 Å². The van der Waals surface area contributed by atoms with Gasteiger partial charge in [0.2, 0.25) is 5.91 Å². The van der Waals surface area contributed by atoms with Crippen LogP contribution in [-0.4, -0.2) is 28.8 Å². The van der Waals surface area contributed by atoms with Crippen LogP contribution in [0.4, 0.5) is 0 Å². The van der Waals surface area contributed by atoms with Gasteiger partial charge in [0, 0.05) is 23.6 Å². The van der Waals surface area contributed by atoms with Gasteiger partial charge >= 0.3 is 0 Å². The van der Waals surface area contributed by atoms with Gasteiger partial charge in [-0.25, -0.2) is 0 Å². The van der Waals surface area contributed by atoms with Crippen LogP contribution in [0.5, 0.6) is 0 Å². The van der Waals surface area contributed by atoms with Gasteiger partial charge in [-0.15, -0.1) is 0 Å². The molecule has 2 aromatic rings. The lowest BCUT2D eigenvalue weighted by atomic mass is 9.76. The molecular weight excluding hydrogens is 360 g/mol. The van der Waals surface area contributed by atoms with Crippen molar-refractivity contribution in [2.45, 2.75) is 50.6 Å². The third kappa shape index (κ3) is 3.25. The smallest absolute Gasteiger partial charge is 0.251 e. The number of rotatable bonds is 4. The first-order valence-corrected chi connectivity index (χ1v) is 10.8. The van der Waals surface area contributed by atoms with E-state index in [1.165, 1.54) is 11.1 Å². The SMILES string of the molecule is Cc1cccc(C2CCCN2C(=O)C2CC3(NC(=O)c4ccccc4)CC2C3)c1. The van der Waals surface area contributed by atoms with E-state index in [-0.39, 0.29) is 23.4 Å². The lowest BCUT2D eigenvalue weighted by molar-refractivity contribution is -0.137. The molecule has 2 amide bonds. The number of hydrogen-bond donors (Lipinski definition) is 1. The minimum absolute atomic E-state index is 0.0176. The molecule has 4 heteroatoms. The molecule has 4 nitrogen and oxygen atoms in total. The molecule has 2 atom stereocenters. The molecule has 0 spiro atoms. The van der Waals surface area contributed by atoms with Crippen molar-refractivity contribution in [1.29, 1.82) is 0 Å². The lowest BCUT2D eigenvalue weighted by Gasteiger charge is -2.39. The summed E-state index contributed by atoms with van der Waals surface area (Å²) in [6.07, 6.45) is 4.77. The summed E-state index contributed by atoms with van der Waals surface area (Å²) >= 11 is 0. The Morgan fingerprint density at radius 2 is 1.83 bits per heavy atom. The Kier molecular flexibility index (Phi) is 4.45. The number of benzene rings is 2. The molecule has 0 aromatic heterocycles. The molecule has 3 saturated carbocycles. The molecule has 1 saturated heterocycles. The average molecular weight is 389 g/mol. The number of carbonyl (C=O) groups is 2. The molecule has 4 aliphatic rings. The van der Waals surface area contributed by atoms with Crippen LogP contribution in [0.1, 0.15) is 59.6 Å². The summed E-state index contributed by atoms with van der Waals surface area (Å²) in [6.45, 7) is 2.96. The molecule has 6 rings (SSSR count). The number of amides is 2. The molecule has 2 bridgehead atoms. The maximum Gasteiger partial charge on any atom is 0.251 e. The fourth-order valence-corrected chi connectivity index (χ4v) is 5.79. The quantitative estimate of drug-likeness (QED) is 0.851. The number of fused-ring (bicyclic) bond motifs is 1. The Morgan fingerprint density at radius 3 is 2.59 bits per heavy atom. The molecular formula is C25H28N2O2. The Bertz CT molecular complexity index is 933. The molecule has 1 heterocycles. The maximum atomic E-state index is 13.5. The van der Waals surface area contributed by atoms with Gasteiger partial charge < -0.3 is 10.2 Å². The predicted octanol–water partition coefficient (Wildman–Crippen LogP) is 4.26. The van der Waals surface area contributed by atoms with Crippen molar-refractivity contribution in [3.05, 3.63) is 71.3 Å². The average Bonchev–Trinajstić information content (AvgIpc) is 3.41. The summed E-state index contributed by atoms with van der Waals surface area (Å²) in [4.78, 5) is 28.2. The normalized spacial score (nSPS) is 30.1. The monoisotopic (exact) mass is 388 g/mol. The summed E-state index contributed by atoms with van der Waals surface area (Å²) < 4.78 is 0. The summed E-state index contributed by atoms with van der Waals surface area (Å²) in [5.41, 5.74) is 3.01. The van der Waals surface area contributed by atoms with E-state index < -0.39 is 0 Å². The molecule has 1 N–H and O–H groups in total. The molecule has 2 unspecified atom stereocenters. The standard InChI is InChI=1S/C25H28N2O2/c1-17-7-5-10-19(13-17)22-11-6-12-27(22)24(29)21-16-25(14-20(21)15-25)26-23(28)18-8-3-2-4-9-18/h2-5,7-10,13,20-22H,6,11-12,14-16H2,1H3,(H,26,28). The highest BCUT2D eigenvalue weighted by Gasteiger charge is 2.59. The first kappa shape index (κ1) is 18.4. The molecule has 2 aromatic carbocycles. The van der Waals surface area contributed by atoms with Crippen molar-refractivity contribution in [3.63, 3.8) is 0 Å². The van der Waals surface area contributed by atoms with Crippen molar-refractivity contribution in [3.8, 4) is 0 Å². The van der Waals surface area contributed by atoms with Gasteiger partial charge in [0.25, 0.3) is 5.91 Å². The first-order chi connectivity index (χ1) is 14.0. The number of hydrogen-bond acceptors (Lipinski definition) is 2. The van der Waals surface area contributed by atoms with E-state index in [1.807, 2.05) is 30.3 Å². The van der Waals surface area contributed by atoms with Crippen LogP contribution in [0.2, 0.25) is 0 Å². The number of aryl methyl sites for hydroxylation is 1. The molecule has 29 heavy (non-hydrogen) atoms. The Hall–Kier alpha value is -2.62. The van der Waals surface area contributed by atoms with Crippen molar-refractivity contribution >= 4 is 11.8 Å². The van der Waals surface area contributed by atoms with Crippen LogP contribution < -0.4 is 5.32 Å². The van der Waals surface area contributed by atoms with E-state index in [0.29, 0.717) is 17.4 Å². The highest BCUT2D eigenvalue weighted by Crippen LogP contribution is 2.56. The number of likely N-dealkylation sites (tertiary alicyclic amines) is 1. The second kappa shape index (κ2) is 7.01. The fourth-order valence-electron chi connectivity index (χ4n) is 5.79. The topological polar surface area (TPSA) is 49.4 Å². The largest absolute Gasteiger partial charge is 0.347 e. The Morgan fingerprint density at radius 1 is 1.03 bits per heavy atom. The number of nitrogens with one attached hydrogen (secondary N) is 1. The number of carbonyl (C=O) groups excluding carboxylic acids is 2. The van der Waals surface area contributed by atoms with Crippen molar-refractivity contribution in [2.75, 3.05) is 6.54 Å². The lowest BCUT2D eigenvalue weighted by Crippen LogP contribution is -2.51. The zero-order chi connectivity index (χ0) is 20.0. The van der Waals surface area contributed by atoms with Gasteiger partial charge in [-0.1, -0.05) is 48.0 Å². The van der Waals surface area contributed by atoms with Crippen LogP contribution in [0.15, 0.2) is 54.6 Å². The number of nitrogens with zero attached hydrogens (tertiary/aromatic N) is 1. The van der Waals surface area contributed by atoms with E-state index in [0.717, 1.165) is 38.6 Å². The fraction of sp³-hybridized carbons (Fsp3) is 0.440. The van der Waals surface area contributed by atoms with Gasteiger partial charge in [0.15, 0.2) is 0 Å². The third-order valence-electron chi connectivity index (χ3n) is 7.18. The molecule has 3 aliphatic carbocycles. The summed E-state index contributed by atoms with van der Waals surface area (Å²) in [5, 5.41) is 3.25. The second-order valence-corrected chi connectivity index (χ2v) is 9.18. The Balaban J connectivity index is 1.28. The van der Waals surface area contributed by atoms with Crippen LogP contribution in [0.25, 0.3) is 0 Å². The van der Waals surface area contributed by atoms with Gasteiger partial charge in [-0.2, -0.15) is 0 Å². The van der Waals surface area contributed by atoms with Gasteiger partial charge in [0.05, 0.1) is 6.04 Å². The van der Waals surface area contributed by atoms with Gasteiger partial charge in [-0.05, 0) is 62.6 Å². The zero-order valence-corrected chi connectivity index (χ0v) is 16.9. The van der Waals surface area contributed by atoms with E-state index >= 15 is 0 Å². The summed E-state index contributed by atoms with van der Waals surface area (Å²) in [6, 6.07) is 18.1. The molecule has 1 aliphatic heterocycles. The van der Waals surface area contributed by atoms with Gasteiger partial charge in [-0.3, -0.25) is 9.59 Å². The van der Waals surface area contributed by atoms with Crippen molar-refractivity contribution in [1.82, 2.24) is 10.2 Å². The molecule has 0 radical (unpaired) electrons. The molecule has 4 fully saturated rings. The minimum Gasteiger partial charge on any atom is -0.347 e. The predicted molar refractivity (Wildman–Crippen MR) is 112 cm³/mol. The first-order valence-electron chi connectivity index (χ1n) is 10.8. The molecule has 150 valence electrons. The van der Waals surface area contributed by atoms with Gasteiger partial charge in [0.1, 0.15) is 0 Å². The third-order valence-corrected chi connectivity index (χ3v) is 7.18. The van der Waals surface area contributed by atoms with E-state index in [9.17, 15) is 9.59 Å². The highest BCUT2D eigenvalue weighted by atomic mass is 16.2. The van der Waals surface area contributed by atoms with Crippen LogP contribution in [0, 0.1) is 18.8 Å². The zero-order valence-electron chi connectivity index (χ0n) is 16.9. The van der Waals surface area contributed by atoms with E-state index in [1.54, 1.807) is 0 Å². The minimum atomic E-state index is -0.184. The van der Waals surface area contributed by atoms with Crippen molar-refractivity contribution in [2.24, 2.45) is 11.8 Å². The van der Waals surface area contributed by atoms with Crippen LogP contribution in [-0.2, 0) is 4.79 Å². The highest BCUT2D eigenvalue weighted by molar-refractivity contribution is 5.95. The van der Waals surface area contributed by atoms with Crippen molar-refractivity contribution < 1.29 is 9.59 Å². The van der Waals surface area contributed by atoms with E-state index in [4.69, 9.17) is 0 Å². The Labute approximate surface area is 172 Å².